The smallest absolute Gasteiger partial charge is 0.243 e. The molecule has 0 aliphatic rings. The lowest BCUT2D eigenvalue weighted by molar-refractivity contribution is -0.132. The quantitative estimate of drug-likeness (QED) is 0.320. The lowest BCUT2D eigenvalue weighted by atomic mass is 10.1. The van der Waals surface area contributed by atoms with Crippen molar-refractivity contribution in [2.24, 2.45) is 0 Å². The number of amides is 1. The van der Waals surface area contributed by atoms with Crippen molar-refractivity contribution in [2.75, 3.05) is 27.3 Å². The fourth-order valence-electron chi connectivity index (χ4n) is 3.94. The van der Waals surface area contributed by atoms with Gasteiger partial charge in [0.15, 0.2) is 11.5 Å². The summed E-state index contributed by atoms with van der Waals surface area (Å²) in [5, 5.41) is 0. The average molecular weight is 529 g/mol. The molecule has 0 fully saturated rings. The zero-order valence-corrected chi connectivity index (χ0v) is 23.0. The Bertz CT molecular complexity index is 1260. The normalized spacial score (nSPS) is 12.4. The highest BCUT2D eigenvalue weighted by molar-refractivity contribution is 7.89. The number of benzene rings is 2. The average Bonchev–Trinajstić information content (AvgIpc) is 3.42. The number of nitrogens with zero attached hydrogens (tertiary/aromatic N) is 2. The van der Waals surface area contributed by atoms with Gasteiger partial charge in [0.1, 0.15) is 5.76 Å². The number of methoxy groups -OCH3 is 2. The molecule has 1 atom stereocenters. The molecule has 0 saturated carbocycles. The van der Waals surface area contributed by atoms with Crippen LogP contribution in [0.3, 0.4) is 0 Å². The second-order valence-electron chi connectivity index (χ2n) is 8.95. The molecule has 200 valence electrons. The Labute approximate surface area is 219 Å². The lowest BCUT2D eigenvalue weighted by Gasteiger charge is -2.30. The van der Waals surface area contributed by atoms with Gasteiger partial charge in [-0.2, -0.15) is 4.31 Å². The molecular weight excluding hydrogens is 492 g/mol. The minimum absolute atomic E-state index is 0.175. The maximum absolute atomic E-state index is 13.6. The molecule has 0 radical (unpaired) electrons. The Hall–Kier alpha value is -3.30. The van der Waals surface area contributed by atoms with E-state index >= 15 is 0 Å². The fraction of sp³-hybridized carbons (Fsp3) is 0.393. The van der Waals surface area contributed by atoms with E-state index < -0.39 is 10.0 Å². The molecule has 2 aromatic carbocycles. The molecule has 0 unspecified atom stereocenters. The number of carbonyl (C=O) groups excluding carboxylic acids is 1. The van der Waals surface area contributed by atoms with Gasteiger partial charge in [0.2, 0.25) is 15.9 Å². The van der Waals surface area contributed by atoms with Crippen LogP contribution < -0.4 is 9.47 Å². The number of aryl methyl sites for hydroxylation is 1. The Morgan fingerprint density at radius 3 is 2.32 bits per heavy atom. The third kappa shape index (κ3) is 7.14. The van der Waals surface area contributed by atoms with Gasteiger partial charge < -0.3 is 18.8 Å². The van der Waals surface area contributed by atoms with Crippen LogP contribution in [0.5, 0.6) is 11.5 Å². The van der Waals surface area contributed by atoms with Gasteiger partial charge in [-0.1, -0.05) is 30.7 Å². The predicted molar refractivity (Wildman–Crippen MR) is 142 cm³/mol. The van der Waals surface area contributed by atoms with Gasteiger partial charge in [-0.05, 0) is 68.7 Å². The number of hydrogen-bond donors (Lipinski definition) is 0. The van der Waals surface area contributed by atoms with Crippen LogP contribution in [0.2, 0.25) is 0 Å². The van der Waals surface area contributed by atoms with E-state index in [4.69, 9.17) is 13.9 Å². The van der Waals surface area contributed by atoms with Crippen molar-refractivity contribution in [3.8, 4) is 11.5 Å². The molecule has 1 heterocycles. The van der Waals surface area contributed by atoms with Crippen LogP contribution in [-0.4, -0.2) is 56.9 Å². The minimum atomic E-state index is -3.87. The summed E-state index contributed by atoms with van der Waals surface area (Å²) in [7, 11) is -0.718. The first-order valence-corrected chi connectivity index (χ1v) is 13.7. The molecule has 0 aliphatic carbocycles. The molecule has 3 rings (SSSR count). The number of rotatable bonds is 13. The summed E-state index contributed by atoms with van der Waals surface area (Å²) < 4.78 is 44.6. The molecule has 3 aromatic rings. The molecule has 1 aromatic heterocycles. The first kappa shape index (κ1) is 28.3. The van der Waals surface area contributed by atoms with Gasteiger partial charge in [0.25, 0.3) is 0 Å². The lowest BCUT2D eigenvalue weighted by Crippen LogP contribution is -2.46. The monoisotopic (exact) mass is 528 g/mol. The van der Waals surface area contributed by atoms with Crippen molar-refractivity contribution < 1.29 is 27.1 Å². The Morgan fingerprint density at radius 2 is 1.73 bits per heavy atom. The topological polar surface area (TPSA) is 89.3 Å². The molecule has 8 nitrogen and oxygen atoms in total. The summed E-state index contributed by atoms with van der Waals surface area (Å²) >= 11 is 0. The van der Waals surface area contributed by atoms with Crippen LogP contribution in [0, 0.1) is 6.92 Å². The van der Waals surface area contributed by atoms with Crippen LogP contribution in [-0.2, 0) is 27.8 Å². The minimum Gasteiger partial charge on any atom is -0.493 e. The Balaban J connectivity index is 1.84. The third-order valence-corrected chi connectivity index (χ3v) is 8.37. The largest absolute Gasteiger partial charge is 0.493 e. The molecule has 0 saturated heterocycles. The Morgan fingerprint density at radius 1 is 1.03 bits per heavy atom. The maximum Gasteiger partial charge on any atom is 0.243 e. The van der Waals surface area contributed by atoms with Gasteiger partial charge in [-0.25, -0.2) is 8.42 Å². The molecule has 0 N–H and O–H groups in total. The number of ether oxygens (including phenoxy) is 2. The van der Waals surface area contributed by atoms with Gasteiger partial charge >= 0.3 is 0 Å². The van der Waals surface area contributed by atoms with Gasteiger partial charge in [0, 0.05) is 12.6 Å². The fourth-order valence-corrected chi connectivity index (χ4v) is 5.60. The van der Waals surface area contributed by atoms with E-state index in [0.717, 1.165) is 11.1 Å². The second kappa shape index (κ2) is 12.8. The van der Waals surface area contributed by atoms with E-state index in [9.17, 15) is 13.2 Å². The summed E-state index contributed by atoms with van der Waals surface area (Å²) in [5.74, 6) is 1.56. The summed E-state index contributed by atoms with van der Waals surface area (Å²) in [6.45, 7) is 5.96. The van der Waals surface area contributed by atoms with Crippen LogP contribution in [0.25, 0.3) is 0 Å². The molecule has 9 heteroatoms. The standard InChI is InChI=1S/C28H36N2O6S/c1-6-22(3)30(37(32,33)25-12-9-21(2)10-13-25)20-28(31)29(19-24-8-7-17-36-24)16-15-23-11-14-26(34-4)27(18-23)35-5/h7-14,17-18,22H,6,15-16,19-20H2,1-5H3/t22-/m1/s1. The molecule has 0 spiro atoms. The first-order valence-electron chi connectivity index (χ1n) is 12.3. The number of hydrogen-bond acceptors (Lipinski definition) is 6. The van der Waals surface area contributed by atoms with Gasteiger partial charge in [-0.15, -0.1) is 0 Å². The van der Waals surface area contributed by atoms with Crippen LogP contribution in [0.1, 0.15) is 37.2 Å². The summed E-state index contributed by atoms with van der Waals surface area (Å²) in [6, 6.07) is 15.5. The van der Waals surface area contributed by atoms with Crippen LogP contribution in [0.4, 0.5) is 0 Å². The first-order chi connectivity index (χ1) is 17.7. The molecule has 1 amide bonds. The van der Waals surface area contributed by atoms with Crippen molar-refractivity contribution in [3.63, 3.8) is 0 Å². The Kier molecular flexibility index (Phi) is 9.77. The van der Waals surface area contributed by atoms with Gasteiger partial charge in [0.05, 0.1) is 38.5 Å². The van der Waals surface area contributed by atoms with E-state index in [2.05, 4.69) is 0 Å². The summed E-state index contributed by atoms with van der Waals surface area (Å²) in [4.78, 5) is 15.4. The zero-order valence-electron chi connectivity index (χ0n) is 22.1. The van der Waals surface area contributed by atoms with E-state index in [-0.39, 0.29) is 29.9 Å². The van der Waals surface area contributed by atoms with E-state index in [1.54, 1.807) is 61.8 Å². The van der Waals surface area contributed by atoms with Crippen molar-refractivity contribution >= 4 is 15.9 Å². The highest BCUT2D eigenvalue weighted by atomic mass is 32.2. The van der Waals surface area contributed by atoms with Crippen molar-refractivity contribution in [1.82, 2.24) is 9.21 Å². The summed E-state index contributed by atoms with van der Waals surface area (Å²) in [6.07, 6.45) is 2.67. The van der Waals surface area contributed by atoms with E-state index in [0.29, 0.717) is 36.6 Å². The highest BCUT2D eigenvalue weighted by Gasteiger charge is 2.32. The number of furan rings is 1. The maximum atomic E-state index is 13.6. The number of sulfonamides is 1. The SMILES string of the molecule is CC[C@@H](C)N(CC(=O)N(CCc1ccc(OC)c(OC)c1)Cc1ccco1)S(=O)(=O)c1ccc(C)cc1. The van der Waals surface area contributed by atoms with Gasteiger partial charge in [-0.3, -0.25) is 4.79 Å². The summed E-state index contributed by atoms with van der Waals surface area (Å²) in [5.41, 5.74) is 1.92. The molecule has 0 aliphatic heterocycles. The van der Waals surface area contributed by atoms with Crippen molar-refractivity contribution in [2.45, 2.75) is 51.1 Å². The molecule has 0 bridgehead atoms. The van der Waals surface area contributed by atoms with E-state index in [1.165, 1.54) is 4.31 Å². The van der Waals surface area contributed by atoms with Crippen molar-refractivity contribution in [1.29, 1.82) is 0 Å². The molecular formula is C28H36N2O6S. The van der Waals surface area contributed by atoms with E-state index in [1.807, 2.05) is 39.0 Å². The zero-order chi connectivity index (χ0) is 27.0. The number of carbonyl (C=O) groups is 1. The van der Waals surface area contributed by atoms with Crippen LogP contribution in [0.15, 0.2) is 70.2 Å². The second-order valence-corrected chi connectivity index (χ2v) is 10.8. The third-order valence-electron chi connectivity index (χ3n) is 6.40. The van der Waals surface area contributed by atoms with Crippen molar-refractivity contribution in [3.05, 3.63) is 77.7 Å². The van der Waals surface area contributed by atoms with Crippen LogP contribution >= 0.6 is 0 Å². The predicted octanol–water partition coefficient (Wildman–Crippen LogP) is 4.67. The molecule has 37 heavy (non-hydrogen) atoms. The highest BCUT2D eigenvalue weighted by Crippen LogP contribution is 2.28.